The first-order chi connectivity index (χ1) is 10.8. The Bertz CT molecular complexity index is 451. The van der Waals surface area contributed by atoms with Gasteiger partial charge in [0.1, 0.15) is 5.82 Å². The molecule has 0 bridgehead atoms. The molecule has 1 heterocycles. The van der Waals surface area contributed by atoms with Gasteiger partial charge in [-0.2, -0.15) is 0 Å². The maximum Gasteiger partial charge on any atom is 0.126 e. The number of nitrogens with one attached hydrogen (secondary N) is 1. The van der Waals surface area contributed by atoms with Crippen molar-refractivity contribution < 1.29 is 4.39 Å². The molecule has 0 spiro atoms. The lowest BCUT2D eigenvalue weighted by atomic mass is 9.96. The minimum absolute atomic E-state index is 0.0456. The summed E-state index contributed by atoms with van der Waals surface area (Å²) in [6.07, 6.45) is 8.84. The minimum atomic E-state index is -0.0456. The summed E-state index contributed by atoms with van der Waals surface area (Å²) in [5.41, 5.74) is 0.871. The van der Waals surface area contributed by atoms with E-state index in [2.05, 4.69) is 10.2 Å². The normalized spacial score (nSPS) is 20.8. The molecule has 0 amide bonds. The van der Waals surface area contributed by atoms with Crippen LogP contribution in [0.15, 0.2) is 24.3 Å². The molecule has 1 aliphatic heterocycles. The number of hydrogen-bond donors (Lipinski definition) is 1. The van der Waals surface area contributed by atoms with Crippen molar-refractivity contribution in [2.45, 2.75) is 51.0 Å². The van der Waals surface area contributed by atoms with Crippen molar-refractivity contribution in [3.8, 4) is 0 Å². The Morgan fingerprint density at radius 3 is 2.50 bits per heavy atom. The van der Waals surface area contributed by atoms with E-state index in [1.165, 1.54) is 45.1 Å². The zero-order valence-electron chi connectivity index (χ0n) is 13.6. The number of halogens is 1. The van der Waals surface area contributed by atoms with E-state index >= 15 is 0 Å². The minimum Gasteiger partial charge on any atom is -0.317 e. The molecule has 3 heteroatoms. The van der Waals surface area contributed by atoms with Gasteiger partial charge in [-0.05, 0) is 62.7 Å². The molecule has 122 valence electrons. The van der Waals surface area contributed by atoms with Gasteiger partial charge in [0.05, 0.1) is 0 Å². The van der Waals surface area contributed by atoms with Crippen LogP contribution in [0.25, 0.3) is 0 Å². The summed E-state index contributed by atoms with van der Waals surface area (Å²) in [7, 11) is 0. The number of hydrogen-bond acceptors (Lipinski definition) is 2. The highest BCUT2D eigenvalue weighted by Gasteiger charge is 2.25. The van der Waals surface area contributed by atoms with Gasteiger partial charge in [0.25, 0.3) is 0 Å². The molecule has 1 saturated carbocycles. The molecule has 1 aromatic carbocycles. The largest absolute Gasteiger partial charge is 0.317 e. The third kappa shape index (κ3) is 4.30. The Morgan fingerprint density at radius 2 is 1.77 bits per heavy atom. The molecule has 3 rings (SSSR count). The van der Waals surface area contributed by atoms with Crippen molar-refractivity contribution in [2.24, 2.45) is 5.92 Å². The SMILES string of the molecule is Fc1ccccc1CCN(CC1CCNCC1)C1CCCC1. The fraction of sp³-hybridized carbons (Fsp3) is 0.684. The summed E-state index contributed by atoms with van der Waals surface area (Å²) >= 11 is 0. The van der Waals surface area contributed by atoms with Gasteiger partial charge in [-0.1, -0.05) is 31.0 Å². The van der Waals surface area contributed by atoms with Crippen molar-refractivity contribution in [2.75, 3.05) is 26.2 Å². The Kier molecular flexibility index (Phi) is 5.85. The molecule has 0 atom stereocenters. The second-order valence-electron chi connectivity index (χ2n) is 6.97. The van der Waals surface area contributed by atoms with E-state index in [-0.39, 0.29) is 5.82 Å². The summed E-state index contributed by atoms with van der Waals surface area (Å²) in [6.45, 7) is 4.54. The van der Waals surface area contributed by atoms with E-state index in [9.17, 15) is 4.39 Å². The lowest BCUT2D eigenvalue weighted by molar-refractivity contribution is 0.154. The molecule has 1 saturated heterocycles. The number of nitrogens with zero attached hydrogens (tertiary/aromatic N) is 1. The summed E-state index contributed by atoms with van der Waals surface area (Å²) in [5.74, 6) is 0.776. The molecule has 2 fully saturated rings. The third-order valence-electron chi connectivity index (χ3n) is 5.42. The van der Waals surface area contributed by atoms with Gasteiger partial charge in [0.15, 0.2) is 0 Å². The molecule has 1 aliphatic carbocycles. The highest BCUT2D eigenvalue weighted by Crippen LogP contribution is 2.26. The zero-order valence-corrected chi connectivity index (χ0v) is 13.6. The van der Waals surface area contributed by atoms with Crippen LogP contribution in [-0.4, -0.2) is 37.1 Å². The number of rotatable bonds is 6. The van der Waals surface area contributed by atoms with Gasteiger partial charge < -0.3 is 5.32 Å². The second kappa shape index (κ2) is 8.07. The van der Waals surface area contributed by atoms with E-state index in [1.807, 2.05) is 12.1 Å². The zero-order chi connectivity index (χ0) is 15.2. The molecule has 22 heavy (non-hydrogen) atoms. The molecule has 0 aromatic heterocycles. The first-order valence-electron chi connectivity index (χ1n) is 9.01. The first kappa shape index (κ1) is 15.9. The van der Waals surface area contributed by atoms with Crippen LogP contribution in [0.2, 0.25) is 0 Å². The Balaban J connectivity index is 1.59. The number of benzene rings is 1. The van der Waals surface area contributed by atoms with Gasteiger partial charge in [-0.3, -0.25) is 4.90 Å². The molecule has 0 unspecified atom stereocenters. The summed E-state index contributed by atoms with van der Waals surface area (Å²) < 4.78 is 13.8. The topological polar surface area (TPSA) is 15.3 Å². The average Bonchev–Trinajstić information content (AvgIpc) is 3.08. The van der Waals surface area contributed by atoms with Crippen LogP contribution in [0.5, 0.6) is 0 Å². The smallest absolute Gasteiger partial charge is 0.126 e. The third-order valence-corrected chi connectivity index (χ3v) is 5.42. The van der Waals surface area contributed by atoms with E-state index in [1.54, 1.807) is 12.1 Å². The van der Waals surface area contributed by atoms with Crippen molar-refractivity contribution >= 4 is 0 Å². The van der Waals surface area contributed by atoms with Crippen LogP contribution >= 0.6 is 0 Å². The molecule has 2 aliphatic rings. The molecule has 1 N–H and O–H groups in total. The van der Waals surface area contributed by atoms with Crippen molar-refractivity contribution in [1.29, 1.82) is 0 Å². The monoisotopic (exact) mass is 304 g/mol. The summed E-state index contributed by atoms with van der Waals surface area (Å²) in [4.78, 5) is 2.68. The van der Waals surface area contributed by atoms with Gasteiger partial charge in [-0.25, -0.2) is 4.39 Å². The Hall–Kier alpha value is -0.930. The van der Waals surface area contributed by atoms with Crippen LogP contribution in [-0.2, 0) is 6.42 Å². The maximum absolute atomic E-state index is 13.8. The fourth-order valence-corrected chi connectivity index (χ4v) is 4.05. The average molecular weight is 304 g/mol. The molecule has 1 aromatic rings. The quantitative estimate of drug-likeness (QED) is 0.863. The van der Waals surface area contributed by atoms with Crippen LogP contribution in [0.3, 0.4) is 0 Å². The predicted molar refractivity (Wildman–Crippen MR) is 89.5 cm³/mol. The van der Waals surface area contributed by atoms with Crippen LogP contribution < -0.4 is 5.32 Å². The van der Waals surface area contributed by atoms with Gasteiger partial charge in [0, 0.05) is 19.1 Å². The van der Waals surface area contributed by atoms with Crippen molar-refractivity contribution in [1.82, 2.24) is 10.2 Å². The highest BCUT2D eigenvalue weighted by molar-refractivity contribution is 5.17. The number of piperidine rings is 1. The fourth-order valence-electron chi connectivity index (χ4n) is 4.05. The van der Waals surface area contributed by atoms with E-state index in [0.29, 0.717) is 0 Å². The first-order valence-corrected chi connectivity index (χ1v) is 9.01. The lowest BCUT2D eigenvalue weighted by Gasteiger charge is -2.34. The Morgan fingerprint density at radius 1 is 1.05 bits per heavy atom. The van der Waals surface area contributed by atoms with Gasteiger partial charge >= 0.3 is 0 Å². The van der Waals surface area contributed by atoms with Gasteiger partial charge in [-0.15, -0.1) is 0 Å². The van der Waals surface area contributed by atoms with Crippen molar-refractivity contribution in [3.05, 3.63) is 35.6 Å². The molecule has 0 radical (unpaired) electrons. The standard InChI is InChI=1S/C19H29FN2/c20-19-8-4-1-5-17(19)11-14-22(18-6-2-3-7-18)15-16-9-12-21-13-10-16/h1,4-5,8,16,18,21H,2-3,6-7,9-15H2. The van der Waals surface area contributed by atoms with Crippen LogP contribution in [0, 0.1) is 11.7 Å². The second-order valence-corrected chi connectivity index (χ2v) is 6.97. The van der Waals surface area contributed by atoms with Crippen LogP contribution in [0.4, 0.5) is 4.39 Å². The highest BCUT2D eigenvalue weighted by atomic mass is 19.1. The summed E-state index contributed by atoms with van der Waals surface area (Å²) in [6, 6.07) is 7.99. The van der Waals surface area contributed by atoms with Gasteiger partial charge in [0.2, 0.25) is 0 Å². The van der Waals surface area contributed by atoms with Crippen molar-refractivity contribution in [3.63, 3.8) is 0 Å². The van der Waals surface area contributed by atoms with E-state index in [0.717, 1.165) is 43.6 Å². The van der Waals surface area contributed by atoms with E-state index < -0.39 is 0 Å². The molecular weight excluding hydrogens is 275 g/mol. The maximum atomic E-state index is 13.8. The lowest BCUT2D eigenvalue weighted by Crippen LogP contribution is -2.41. The molecular formula is C19H29FN2. The Labute approximate surface area is 134 Å². The van der Waals surface area contributed by atoms with E-state index in [4.69, 9.17) is 0 Å². The van der Waals surface area contributed by atoms with Crippen LogP contribution in [0.1, 0.15) is 44.1 Å². The summed E-state index contributed by atoms with van der Waals surface area (Å²) in [5, 5.41) is 3.45. The predicted octanol–water partition coefficient (Wildman–Crippen LogP) is 3.61. The molecule has 2 nitrogen and oxygen atoms in total.